The number of amides is 1. The van der Waals surface area contributed by atoms with Crippen LogP contribution in [0.25, 0.3) is 0 Å². The highest BCUT2D eigenvalue weighted by Crippen LogP contribution is 2.55. The molecule has 3 nitrogen and oxygen atoms in total. The van der Waals surface area contributed by atoms with Crippen molar-refractivity contribution in [2.45, 2.75) is 44.1 Å². The van der Waals surface area contributed by atoms with E-state index in [1.165, 1.54) is 38.5 Å². The lowest BCUT2D eigenvalue weighted by atomic mass is 9.53. The maximum Gasteiger partial charge on any atom is 0.258 e. The average Bonchev–Trinajstić information content (AvgIpc) is 2.45. The average molecular weight is 440 g/mol. The van der Waals surface area contributed by atoms with Crippen LogP contribution in [0.15, 0.2) is 24.3 Å². The van der Waals surface area contributed by atoms with Gasteiger partial charge in [-0.25, -0.2) is 0 Å². The molecule has 2 N–H and O–H groups in total. The van der Waals surface area contributed by atoms with Crippen molar-refractivity contribution in [2.75, 3.05) is 0 Å². The Morgan fingerprint density at radius 2 is 1.65 bits per heavy atom. The van der Waals surface area contributed by atoms with Crippen LogP contribution in [0.4, 0.5) is 0 Å². The second-order valence-corrected chi connectivity index (χ2v) is 9.16. The summed E-state index contributed by atoms with van der Waals surface area (Å²) in [7, 11) is 0. The van der Waals surface area contributed by atoms with Crippen LogP contribution in [0.3, 0.4) is 0 Å². The van der Waals surface area contributed by atoms with Gasteiger partial charge in [-0.1, -0.05) is 12.1 Å². The molecule has 5 heteroatoms. The van der Waals surface area contributed by atoms with Crippen LogP contribution >= 0.6 is 34.8 Å². The van der Waals surface area contributed by atoms with Crippen molar-refractivity contribution >= 4 is 45.8 Å². The van der Waals surface area contributed by atoms with Crippen molar-refractivity contribution < 1.29 is 4.79 Å². The van der Waals surface area contributed by atoms with Gasteiger partial charge in [0.1, 0.15) is 0 Å². The van der Waals surface area contributed by atoms with Gasteiger partial charge in [-0.3, -0.25) is 10.1 Å². The lowest BCUT2D eigenvalue weighted by Gasteiger charge is -2.57. The van der Waals surface area contributed by atoms with E-state index in [0.717, 1.165) is 21.3 Å². The quantitative estimate of drug-likeness (QED) is 0.542. The number of carbonyl (C=O) groups excluding carboxylic acids is 1. The van der Waals surface area contributed by atoms with E-state index in [1.807, 2.05) is 24.3 Å². The van der Waals surface area contributed by atoms with E-state index in [9.17, 15) is 4.79 Å². The maximum absolute atomic E-state index is 12.4. The summed E-state index contributed by atoms with van der Waals surface area (Å²) in [5.74, 6) is 2.48. The SMILES string of the molecule is O=C(NC(=S)NC12CC3CC(CC(C3)C1)C2)c1ccccc1I. The Morgan fingerprint density at radius 3 is 2.22 bits per heavy atom. The zero-order valence-electron chi connectivity index (χ0n) is 13.0. The minimum absolute atomic E-state index is 0.114. The molecule has 0 heterocycles. The first-order chi connectivity index (χ1) is 11.0. The highest BCUT2D eigenvalue weighted by molar-refractivity contribution is 14.1. The van der Waals surface area contributed by atoms with Crippen LogP contribution in [-0.2, 0) is 0 Å². The van der Waals surface area contributed by atoms with Crippen molar-refractivity contribution in [1.82, 2.24) is 10.6 Å². The van der Waals surface area contributed by atoms with Gasteiger partial charge in [0, 0.05) is 9.11 Å². The van der Waals surface area contributed by atoms with Crippen LogP contribution in [0.5, 0.6) is 0 Å². The normalized spacial score (nSPS) is 34.2. The molecule has 0 aromatic heterocycles. The highest BCUT2D eigenvalue weighted by atomic mass is 127. The van der Waals surface area contributed by atoms with E-state index in [2.05, 4.69) is 33.2 Å². The largest absolute Gasteiger partial charge is 0.357 e. The third-order valence-corrected chi connectivity index (χ3v) is 6.91. The third-order valence-electron chi connectivity index (χ3n) is 5.76. The Bertz CT molecular complexity index is 625. The first-order valence-corrected chi connectivity index (χ1v) is 9.90. The van der Waals surface area contributed by atoms with Crippen molar-refractivity contribution in [1.29, 1.82) is 0 Å². The number of nitrogens with one attached hydrogen (secondary N) is 2. The Balaban J connectivity index is 1.43. The number of rotatable bonds is 2. The molecule has 0 spiro atoms. The minimum atomic E-state index is -0.114. The first-order valence-electron chi connectivity index (χ1n) is 8.41. The van der Waals surface area contributed by atoms with E-state index in [4.69, 9.17) is 12.2 Å². The minimum Gasteiger partial charge on any atom is -0.357 e. The van der Waals surface area contributed by atoms with E-state index in [1.54, 1.807) is 0 Å². The van der Waals surface area contributed by atoms with Crippen molar-refractivity contribution in [2.24, 2.45) is 17.8 Å². The maximum atomic E-state index is 12.4. The first kappa shape index (κ1) is 15.8. The molecule has 1 amide bonds. The molecule has 122 valence electrons. The second kappa shape index (κ2) is 5.99. The third kappa shape index (κ3) is 3.14. The molecule has 0 saturated heterocycles. The summed E-state index contributed by atoms with van der Waals surface area (Å²) < 4.78 is 0.945. The summed E-state index contributed by atoms with van der Waals surface area (Å²) in [6.07, 6.45) is 7.88. The van der Waals surface area contributed by atoms with E-state index in [0.29, 0.717) is 10.7 Å². The Morgan fingerprint density at radius 1 is 1.09 bits per heavy atom. The van der Waals surface area contributed by atoms with Gasteiger partial charge in [-0.2, -0.15) is 0 Å². The topological polar surface area (TPSA) is 41.1 Å². The fourth-order valence-electron chi connectivity index (χ4n) is 5.35. The van der Waals surface area contributed by atoms with Crippen LogP contribution in [0.1, 0.15) is 48.9 Å². The zero-order chi connectivity index (χ0) is 16.0. The molecule has 1 aromatic carbocycles. The van der Waals surface area contributed by atoms with E-state index >= 15 is 0 Å². The van der Waals surface area contributed by atoms with Gasteiger partial charge in [0.2, 0.25) is 0 Å². The fourth-order valence-corrected chi connectivity index (χ4v) is 6.29. The number of carbonyl (C=O) groups is 1. The highest BCUT2D eigenvalue weighted by Gasteiger charge is 2.51. The molecular weight excluding hydrogens is 419 g/mol. The number of thiocarbonyl (C=S) groups is 1. The van der Waals surface area contributed by atoms with Crippen LogP contribution in [-0.4, -0.2) is 16.6 Å². The van der Waals surface area contributed by atoms with Gasteiger partial charge in [0.15, 0.2) is 5.11 Å². The monoisotopic (exact) mass is 440 g/mol. The van der Waals surface area contributed by atoms with E-state index < -0.39 is 0 Å². The zero-order valence-corrected chi connectivity index (χ0v) is 16.0. The molecule has 0 radical (unpaired) electrons. The standard InChI is InChI=1S/C18H21IN2OS/c19-15-4-2-1-3-14(15)16(22)20-17(23)21-18-8-11-5-12(9-18)7-13(6-11)10-18/h1-4,11-13H,5-10H2,(H2,20,21,22,23). The molecule has 0 atom stereocenters. The van der Waals surface area contributed by atoms with Crippen LogP contribution in [0.2, 0.25) is 0 Å². The summed E-state index contributed by atoms with van der Waals surface area (Å²) >= 11 is 7.65. The number of hydrogen-bond acceptors (Lipinski definition) is 2. The Hall–Kier alpha value is -0.690. The predicted molar refractivity (Wildman–Crippen MR) is 103 cm³/mol. The second-order valence-electron chi connectivity index (χ2n) is 7.59. The Kier molecular flexibility index (Phi) is 4.12. The molecule has 4 aliphatic carbocycles. The molecule has 1 aromatic rings. The van der Waals surface area contributed by atoms with Gasteiger partial charge < -0.3 is 5.32 Å². The van der Waals surface area contributed by atoms with Crippen LogP contribution in [0, 0.1) is 21.3 Å². The fraction of sp³-hybridized carbons (Fsp3) is 0.556. The van der Waals surface area contributed by atoms with E-state index in [-0.39, 0.29) is 11.4 Å². The smallest absolute Gasteiger partial charge is 0.258 e. The summed E-state index contributed by atoms with van der Waals surface area (Å²) in [4.78, 5) is 12.4. The van der Waals surface area contributed by atoms with Crippen molar-refractivity contribution in [3.05, 3.63) is 33.4 Å². The molecule has 0 aliphatic heterocycles. The summed E-state index contributed by atoms with van der Waals surface area (Å²) in [5.41, 5.74) is 0.825. The number of hydrogen-bond donors (Lipinski definition) is 2. The molecule has 23 heavy (non-hydrogen) atoms. The molecule has 4 fully saturated rings. The summed E-state index contributed by atoms with van der Waals surface area (Å²) in [5, 5.41) is 6.93. The molecule has 0 unspecified atom stereocenters. The predicted octanol–water partition coefficient (Wildman–Crippen LogP) is 3.86. The molecular formula is C18H21IN2OS. The Labute approximate surface area is 156 Å². The van der Waals surface area contributed by atoms with Crippen LogP contribution < -0.4 is 10.6 Å². The van der Waals surface area contributed by atoms with Gasteiger partial charge in [0.25, 0.3) is 5.91 Å². The van der Waals surface area contributed by atoms with Crippen molar-refractivity contribution in [3.63, 3.8) is 0 Å². The van der Waals surface area contributed by atoms with Gasteiger partial charge >= 0.3 is 0 Å². The molecule has 4 bridgehead atoms. The molecule has 5 rings (SSSR count). The lowest BCUT2D eigenvalue weighted by Crippen LogP contribution is -2.61. The van der Waals surface area contributed by atoms with Crippen molar-refractivity contribution in [3.8, 4) is 0 Å². The molecule has 4 aliphatic rings. The summed E-state index contributed by atoms with van der Waals surface area (Å²) in [6.45, 7) is 0. The molecule has 4 saturated carbocycles. The number of halogens is 1. The summed E-state index contributed by atoms with van der Waals surface area (Å²) in [6, 6.07) is 7.59. The number of benzene rings is 1. The van der Waals surface area contributed by atoms with Gasteiger partial charge in [-0.05, 0) is 103 Å². The van der Waals surface area contributed by atoms with Gasteiger partial charge in [0.05, 0.1) is 5.56 Å². The van der Waals surface area contributed by atoms with Gasteiger partial charge in [-0.15, -0.1) is 0 Å². The lowest BCUT2D eigenvalue weighted by molar-refractivity contribution is -0.0101.